The molecule has 0 fully saturated rings. The number of hydrogen-bond acceptors (Lipinski definition) is 3. The lowest BCUT2D eigenvalue weighted by Gasteiger charge is -1.91. The van der Waals surface area contributed by atoms with Crippen LogP contribution in [0, 0.1) is 0 Å². The normalized spacial score (nSPS) is 6.27. The van der Waals surface area contributed by atoms with E-state index < -0.39 is 0 Å². The van der Waals surface area contributed by atoms with Crippen LogP contribution in [0.2, 0.25) is 0 Å². The Kier molecular flexibility index (Phi) is 14.4. The third kappa shape index (κ3) is 5.87. The summed E-state index contributed by atoms with van der Waals surface area (Å²) in [5.41, 5.74) is 0. The van der Waals surface area contributed by atoms with Crippen LogP contribution in [-0.2, 0) is 0 Å². The van der Waals surface area contributed by atoms with Crippen molar-refractivity contribution in [1.82, 2.24) is 4.98 Å². The van der Waals surface area contributed by atoms with Gasteiger partial charge in [0.25, 0.3) is 0 Å². The molecule has 1 aromatic heterocycles. The number of pyridine rings is 1. The van der Waals surface area contributed by atoms with Gasteiger partial charge in [0.2, 0.25) is 5.88 Å². The molecule has 1 aromatic rings. The van der Waals surface area contributed by atoms with Crippen LogP contribution in [0.4, 0.5) is 0 Å². The molecule has 0 aliphatic heterocycles. The lowest BCUT2D eigenvalue weighted by atomic mass is 10.5. The lowest BCUT2D eigenvalue weighted by molar-refractivity contribution is 0.321. The van der Waals surface area contributed by atoms with Crippen LogP contribution in [0.5, 0.6) is 5.88 Å². The van der Waals surface area contributed by atoms with Gasteiger partial charge in [-0.1, -0.05) is 6.07 Å². The van der Waals surface area contributed by atoms with Crippen LogP contribution in [-0.4, -0.2) is 10.5 Å². The number of hydrogen-bond donors (Lipinski definition) is 1. The van der Waals surface area contributed by atoms with Crippen molar-refractivity contribution in [3.05, 3.63) is 24.4 Å². The van der Waals surface area contributed by atoms with Crippen LogP contribution < -0.4 is 10.7 Å². The molecule has 11 heavy (non-hydrogen) atoms. The molecule has 4 N–H and O–H groups in total. The molecule has 0 amide bonds. The van der Waals surface area contributed by atoms with E-state index in [1.807, 2.05) is 0 Å². The van der Waals surface area contributed by atoms with Crippen LogP contribution >= 0.6 is 24.8 Å². The second-order valence-corrected chi connectivity index (χ2v) is 1.29. The second kappa shape index (κ2) is 9.45. The largest absolute Gasteiger partial charge is 0.412 e. The summed E-state index contributed by atoms with van der Waals surface area (Å²) in [5.74, 6) is 5.22. The van der Waals surface area contributed by atoms with E-state index in [-0.39, 0.29) is 30.3 Å². The van der Waals surface area contributed by atoms with Crippen molar-refractivity contribution < 1.29 is 10.3 Å². The van der Waals surface area contributed by atoms with E-state index in [2.05, 4.69) is 9.82 Å². The number of nitrogens with zero attached hydrogens (tertiary/aromatic N) is 1. The fourth-order valence-corrected chi connectivity index (χ4v) is 0.417. The topological polar surface area (TPSA) is 79.6 Å². The summed E-state index contributed by atoms with van der Waals surface area (Å²) in [6, 6.07) is 5.28. The minimum Gasteiger partial charge on any atom is -0.412 e. The third-order valence-electron chi connectivity index (χ3n) is 0.759. The molecule has 6 heteroatoms. The molecule has 0 aromatic carbocycles. The van der Waals surface area contributed by atoms with Gasteiger partial charge in [0.1, 0.15) is 0 Å². The molecule has 0 saturated heterocycles. The molecule has 0 radical (unpaired) electrons. The number of rotatable bonds is 1. The number of aromatic nitrogens is 1. The van der Waals surface area contributed by atoms with Gasteiger partial charge in [0.05, 0.1) is 0 Å². The minimum atomic E-state index is 0. The van der Waals surface area contributed by atoms with Crippen molar-refractivity contribution in [1.29, 1.82) is 0 Å². The van der Waals surface area contributed by atoms with E-state index in [0.717, 1.165) is 0 Å². The Morgan fingerprint density at radius 3 is 2.18 bits per heavy atom. The molecule has 0 aliphatic rings. The molecule has 0 bridgehead atoms. The highest BCUT2D eigenvalue weighted by molar-refractivity contribution is 5.85. The molecular formula is C5H10Cl2N2O2. The second-order valence-electron chi connectivity index (χ2n) is 1.29. The summed E-state index contributed by atoms with van der Waals surface area (Å²) >= 11 is 0. The summed E-state index contributed by atoms with van der Waals surface area (Å²) < 4.78 is 0. The van der Waals surface area contributed by atoms with Crippen molar-refractivity contribution in [3.63, 3.8) is 0 Å². The van der Waals surface area contributed by atoms with Crippen molar-refractivity contribution in [2.24, 2.45) is 5.90 Å². The van der Waals surface area contributed by atoms with Gasteiger partial charge in [-0.25, -0.2) is 4.98 Å². The summed E-state index contributed by atoms with van der Waals surface area (Å²) in [6.45, 7) is 0. The first-order valence-corrected chi connectivity index (χ1v) is 2.21. The third-order valence-corrected chi connectivity index (χ3v) is 0.759. The van der Waals surface area contributed by atoms with E-state index in [4.69, 9.17) is 5.90 Å². The first kappa shape index (κ1) is 16.8. The Balaban J connectivity index is -0.000000213. The summed E-state index contributed by atoms with van der Waals surface area (Å²) in [5, 5.41) is 0. The Morgan fingerprint density at radius 2 is 1.91 bits per heavy atom. The van der Waals surface area contributed by atoms with Crippen molar-refractivity contribution >= 4 is 24.8 Å². The SMILES string of the molecule is Cl.Cl.NOc1ccccn1.O. The summed E-state index contributed by atoms with van der Waals surface area (Å²) in [7, 11) is 0. The van der Waals surface area contributed by atoms with Crippen LogP contribution in [0.25, 0.3) is 0 Å². The standard InChI is InChI=1S/C5H6N2O.2ClH.H2O/c6-8-5-3-1-2-4-7-5;;;/h1-4H,6H2;2*1H;1H2. The Bertz CT molecular complexity index is 162. The molecule has 66 valence electrons. The molecule has 0 saturated carbocycles. The average Bonchev–Trinajstić information content (AvgIpc) is 1.90. The fourth-order valence-electron chi connectivity index (χ4n) is 0.417. The highest BCUT2D eigenvalue weighted by atomic mass is 35.5. The molecule has 0 aliphatic carbocycles. The van der Waals surface area contributed by atoms with Gasteiger partial charge >= 0.3 is 0 Å². The van der Waals surface area contributed by atoms with E-state index in [9.17, 15) is 0 Å². The van der Waals surface area contributed by atoms with E-state index in [0.29, 0.717) is 5.88 Å². The van der Waals surface area contributed by atoms with Gasteiger partial charge < -0.3 is 10.3 Å². The van der Waals surface area contributed by atoms with Gasteiger partial charge in [-0.05, 0) is 6.07 Å². The Hall–Kier alpha value is -0.550. The zero-order chi connectivity index (χ0) is 5.82. The van der Waals surface area contributed by atoms with E-state index in [1.165, 1.54) is 0 Å². The summed E-state index contributed by atoms with van der Waals surface area (Å²) in [4.78, 5) is 8.05. The van der Waals surface area contributed by atoms with Crippen LogP contribution in [0.15, 0.2) is 24.4 Å². The van der Waals surface area contributed by atoms with Gasteiger partial charge in [-0.2, -0.15) is 5.90 Å². The number of nitrogens with two attached hydrogens (primary N) is 1. The lowest BCUT2D eigenvalue weighted by Crippen LogP contribution is -2.02. The first-order chi connectivity index (χ1) is 3.93. The van der Waals surface area contributed by atoms with Gasteiger partial charge in [0, 0.05) is 12.3 Å². The molecule has 0 atom stereocenters. The fraction of sp³-hybridized carbons (Fsp3) is 0. The smallest absolute Gasteiger partial charge is 0.237 e. The maximum absolute atomic E-state index is 4.79. The molecule has 4 nitrogen and oxygen atoms in total. The molecule has 0 unspecified atom stereocenters. The predicted octanol–water partition coefficient (Wildman–Crippen LogP) is 0.353. The summed E-state index contributed by atoms with van der Waals surface area (Å²) in [6.07, 6.45) is 1.61. The van der Waals surface area contributed by atoms with Crippen molar-refractivity contribution in [3.8, 4) is 5.88 Å². The molecular weight excluding hydrogens is 191 g/mol. The Labute approximate surface area is 76.8 Å². The Morgan fingerprint density at radius 1 is 1.27 bits per heavy atom. The van der Waals surface area contributed by atoms with Crippen molar-refractivity contribution in [2.45, 2.75) is 0 Å². The maximum atomic E-state index is 4.79. The monoisotopic (exact) mass is 200 g/mol. The zero-order valence-corrected chi connectivity index (χ0v) is 7.19. The average molecular weight is 201 g/mol. The number of halogens is 2. The highest BCUT2D eigenvalue weighted by Crippen LogP contribution is 1.98. The minimum absolute atomic E-state index is 0. The quantitative estimate of drug-likeness (QED) is 0.665. The van der Waals surface area contributed by atoms with Gasteiger partial charge in [-0.15, -0.1) is 24.8 Å². The van der Waals surface area contributed by atoms with Crippen molar-refractivity contribution in [2.75, 3.05) is 0 Å². The van der Waals surface area contributed by atoms with Gasteiger partial charge in [-0.3, -0.25) is 0 Å². The molecule has 1 rings (SSSR count). The van der Waals surface area contributed by atoms with Crippen LogP contribution in [0.1, 0.15) is 0 Å². The van der Waals surface area contributed by atoms with E-state index >= 15 is 0 Å². The predicted molar refractivity (Wildman–Crippen MR) is 47.2 cm³/mol. The zero-order valence-electron chi connectivity index (χ0n) is 5.56. The van der Waals surface area contributed by atoms with Crippen LogP contribution in [0.3, 0.4) is 0 Å². The van der Waals surface area contributed by atoms with E-state index in [1.54, 1.807) is 24.4 Å². The first-order valence-electron chi connectivity index (χ1n) is 2.21. The van der Waals surface area contributed by atoms with Gasteiger partial charge in [0.15, 0.2) is 0 Å². The maximum Gasteiger partial charge on any atom is 0.237 e. The molecule has 0 spiro atoms. The molecule has 1 heterocycles. The highest BCUT2D eigenvalue weighted by Gasteiger charge is 1.83.